The van der Waals surface area contributed by atoms with E-state index in [1.807, 2.05) is 0 Å². The maximum absolute atomic E-state index is 14.0. The highest BCUT2D eigenvalue weighted by atomic mass is 19.2. The molecule has 7 heteroatoms. The number of carbonyl (C=O) groups excluding carboxylic acids is 1. The molecule has 0 radical (unpaired) electrons. The third-order valence-corrected chi connectivity index (χ3v) is 11.3. The van der Waals surface area contributed by atoms with Crippen LogP contribution in [-0.4, -0.2) is 25.5 Å². The van der Waals surface area contributed by atoms with Crippen molar-refractivity contribution in [1.29, 1.82) is 0 Å². The van der Waals surface area contributed by atoms with Crippen LogP contribution in [0.1, 0.15) is 78.6 Å². The predicted octanol–water partition coefficient (Wildman–Crippen LogP) is 6.11. The third-order valence-electron chi connectivity index (χ3n) is 11.3. The van der Waals surface area contributed by atoms with Crippen molar-refractivity contribution in [2.24, 2.45) is 52.2 Å². The summed E-state index contributed by atoms with van der Waals surface area (Å²) in [7, 11) is 0. The molecule has 6 unspecified atom stereocenters. The molecular formula is C30H45F2N3O2. The summed E-state index contributed by atoms with van der Waals surface area (Å²) >= 11 is 0. The Labute approximate surface area is 220 Å². The standard InChI is InChI=1S/C30H45F2N3O2/c1-4-37-17-30-14-11-18(2)15-19(30)5-6-20-21-7-8-23(29(21,3)13-12-22(20)30)26(36)16-35(34)25-10-9-24(31)27(32)28(25)33/h9-10,18-23H,4-8,11-17,33-34H2,1-3H3/t18-,19?,20?,21?,22?,23+,29?,30?/m0/s1. The van der Waals surface area contributed by atoms with Crippen LogP contribution >= 0.6 is 0 Å². The average molecular weight is 518 g/mol. The first-order chi connectivity index (χ1) is 17.6. The second kappa shape index (κ2) is 10.1. The quantitative estimate of drug-likeness (QED) is 0.259. The first-order valence-electron chi connectivity index (χ1n) is 14.5. The fourth-order valence-corrected chi connectivity index (χ4v) is 9.54. The summed E-state index contributed by atoms with van der Waals surface area (Å²) < 4.78 is 33.7. The number of ether oxygens (including phenoxy) is 1. The second-order valence-corrected chi connectivity index (χ2v) is 13.0. The van der Waals surface area contributed by atoms with E-state index >= 15 is 0 Å². The number of rotatable bonds is 7. The van der Waals surface area contributed by atoms with Gasteiger partial charge in [-0.15, -0.1) is 0 Å². The zero-order chi connectivity index (χ0) is 26.5. The van der Waals surface area contributed by atoms with Crippen molar-refractivity contribution in [3.05, 3.63) is 23.8 Å². The van der Waals surface area contributed by atoms with Crippen LogP contribution < -0.4 is 16.6 Å². The molecule has 4 fully saturated rings. The van der Waals surface area contributed by atoms with E-state index in [9.17, 15) is 13.6 Å². The Morgan fingerprint density at radius 1 is 1.11 bits per heavy atom. The zero-order valence-corrected chi connectivity index (χ0v) is 22.8. The molecule has 5 rings (SSSR count). The van der Waals surface area contributed by atoms with E-state index in [4.69, 9.17) is 16.3 Å². The summed E-state index contributed by atoms with van der Waals surface area (Å²) in [6, 6.07) is 2.34. The van der Waals surface area contributed by atoms with Crippen molar-refractivity contribution >= 4 is 17.2 Å². The maximum Gasteiger partial charge on any atom is 0.183 e. The lowest BCUT2D eigenvalue weighted by Crippen LogP contribution is -2.57. The Morgan fingerprint density at radius 3 is 2.65 bits per heavy atom. The summed E-state index contributed by atoms with van der Waals surface area (Å²) in [5.41, 5.74) is 5.82. The van der Waals surface area contributed by atoms with Gasteiger partial charge in [0.2, 0.25) is 0 Å². The Kier molecular flexibility index (Phi) is 7.34. The minimum absolute atomic E-state index is 0.0414. The maximum atomic E-state index is 14.0. The molecule has 4 saturated carbocycles. The van der Waals surface area contributed by atoms with Gasteiger partial charge in [-0.1, -0.05) is 20.3 Å². The number of nitrogens with zero attached hydrogens (tertiary/aromatic N) is 1. The number of halogens is 2. The van der Waals surface area contributed by atoms with Gasteiger partial charge in [-0.2, -0.15) is 0 Å². The summed E-state index contributed by atoms with van der Waals surface area (Å²) in [5.74, 6) is 7.50. The van der Waals surface area contributed by atoms with Gasteiger partial charge >= 0.3 is 0 Å². The number of hydrazine groups is 1. The summed E-state index contributed by atoms with van der Waals surface area (Å²) in [4.78, 5) is 13.6. The first kappa shape index (κ1) is 26.9. The Balaban J connectivity index is 1.34. The van der Waals surface area contributed by atoms with Crippen molar-refractivity contribution in [3.8, 4) is 0 Å². The van der Waals surface area contributed by atoms with Gasteiger partial charge in [0.15, 0.2) is 17.4 Å². The number of nitrogens with two attached hydrogens (primary N) is 2. The minimum Gasteiger partial charge on any atom is -0.395 e. The Morgan fingerprint density at radius 2 is 1.89 bits per heavy atom. The first-order valence-corrected chi connectivity index (χ1v) is 14.5. The lowest BCUT2D eigenvalue weighted by atomic mass is 9.44. The van der Waals surface area contributed by atoms with Gasteiger partial charge < -0.3 is 15.5 Å². The van der Waals surface area contributed by atoms with Crippen molar-refractivity contribution < 1.29 is 18.3 Å². The van der Waals surface area contributed by atoms with Crippen LogP contribution in [0.2, 0.25) is 0 Å². The zero-order valence-electron chi connectivity index (χ0n) is 22.8. The Bertz CT molecular complexity index is 1020. The number of ketones is 1. The molecule has 4 aliphatic rings. The van der Waals surface area contributed by atoms with Crippen molar-refractivity contribution in [2.45, 2.75) is 78.6 Å². The molecule has 0 bridgehead atoms. The van der Waals surface area contributed by atoms with E-state index in [1.54, 1.807) is 0 Å². The van der Waals surface area contributed by atoms with Crippen LogP contribution in [0, 0.1) is 58.0 Å². The smallest absolute Gasteiger partial charge is 0.183 e. The van der Waals surface area contributed by atoms with Gasteiger partial charge in [-0.25, -0.2) is 14.6 Å². The summed E-state index contributed by atoms with van der Waals surface area (Å²) in [6.07, 6.45) is 10.7. The lowest BCUT2D eigenvalue weighted by Gasteiger charge is -2.62. The monoisotopic (exact) mass is 517 g/mol. The molecule has 4 aliphatic carbocycles. The van der Waals surface area contributed by atoms with E-state index in [2.05, 4.69) is 20.8 Å². The average Bonchev–Trinajstić information content (AvgIpc) is 3.23. The summed E-state index contributed by atoms with van der Waals surface area (Å²) in [6.45, 7) is 8.47. The van der Waals surface area contributed by atoms with Crippen molar-refractivity contribution in [3.63, 3.8) is 0 Å². The fraction of sp³-hybridized carbons (Fsp3) is 0.767. The Hall–Kier alpha value is -1.73. The van der Waals surface area contributed by atoms with Crippen molar-refractivity contribution in [1.82, 2.24) is 0 Å². The number of hydrogen-bond donors (Lipinski definition) is 2. The van der Waals surface area contributed by atoms with Crippen LogP contribution in [0.25, 0.3) is 0 Å². The van der Waals surface area contributed by atoms with Gasteiger partial charge in [0, 0.05) is 12.5 Å². The van der Waals surface area contributed by atoms with Gasteiger partial charge in [-0.05, 0) is 111 Å². The molecule has 0 amide bonds. The predicted molar refractivity (Wildman–Crippen MR) is 143 cm³/mol. The molecule has 206 valence electrons. The van der Waals surface area contributed by atoms with Crippen LogP contribution in [-0.2, 0) is 9.53 Å². The van der Waals surface area contributed by atoms with Gasteiger partial charge in [0.25, 0.3) is 0 Å². The van der Waals surface area contributed by atoms with Crippen molar-refractivity contribution in [2.75, 3.05) is 30.5 Å². The molecule has 5 nitrogen and oxygen atoms in total. The number of benzene rings is 1. The molecule has 37 heavy (non-hydrogen) atoms. The van der Waals surface area contributed by atoms with Crippen LogP contribution in [0.5, 0.6) is 0 Å². The number of fused-ring (bicyclic) bond motifs is 5. The largest absolute Gasteiger partial charge is 0.395 e. The molecule has 1 aromatic rings. The number of anilines is 2. The normalized spacial score (nSPS) is 39.0. The SMILES string of the molecule is CCOCC12CC[C@H](C)CC1CCC1C2CCC2(C)C1CC[C@@H]2C(=O)CN(N)c1ccc(F)c(F)c1N. The van der Waals surface area contributed by atoms with Crippen LogP contribution in [0.4, 0.5) is 20.2 Å². The van der Waals surface area contributed by atoms with E-state index in [1.165, 1.54) is 49.6 Å². The van der Waals surface area contributed by atoms with E-state index in [0.29, 0.717) is 23.2 Å². The molecule has 8 atom stereocenters. The molecule has 1 aromatic carbocycles. The van der Waals surface area contributed by atoms with Gasteiger partial charge in [0.1, 0.15) is 0 Å². The molecular weight excluding hydrogens is 472 g/mol. The number of hydrogen-bond acceptors (Lipinski definition) is 5. The van der Waals surface area contributed by atoms with Gasteiger partial charge in [0.05, 0.1) is 24.5 Å². The highest BCUT2D eigenvalue weighted by Gasteiger charge is 2.62. The second-order valence-electron chi connectivity index (χ2n) is 13.0. The van der Waals surface area contributed by atoms with E-state index in [-0.39, 0.29) is 35.0 Å². The molecule has 0 aromatic heterocycles. The summed E-state index contributed by atoms with van der Waals surface area (Å²) in [5, 5.41) is 1.19. The van der Waals surface area contributed by atoms with E-state index in [0.717, 1.165) is 50.4 Å². The molecule has 0 aliphatic heterocycles. The van der Waals surface area contributed by atoms with Gasteiger partial charge in [-0.3, -0.25) is 4.79 Å². The van der Waals surface area contributed by atoms with Crippen LogP contribution in [0.3, 0.4) is 0 Å². The fourth-order valence-electron chi connectivity index (χ4n) is 9.54. The highest BCUT2D eigenvalue weighted by molar-refractivity contribution is 5.87. The highest BCUT2D eigenvalue weighted by Crippen LogP contribution is 2.68. The number of carbonyl (C=O) groups is 1. The molecule has 4 N–H and O–H groups in total. The molecule has 0 saturated heterocycles. The molecule has 0 heterocycles. The lowest BCUT2D eigenvalue weighted by molar-refractivity contribution is -0.157. The number of nitrogen functional groups attached to an aromatic ring is 1. The molecule has 0 spiro atoms. The third kappa shape index (κ3) is 4.38. The number of Topliss-reactive ketones (excluding diaryl/α,β-unsaturated/α-hetero) is 1. The minimum atomic E-state index is -1.12. The topological polar surface area (TPSA) is 81.6 Å². The van der Waals surface area contributed by atoms with Crippen LogP contribution in [0.15, 0.2) is 12.1 Å². The van der Waals surface area contributed by atoms with E-state index < -0.39 is 11.6 Å².